The van der Waals surface area contributed by atoms with E-state index in [1.807, 2.05) is 42.5 Å². The Morgan fingerprint density at radius 3 is 2.67 bits per heavy atom. The third kappa shape index (κ3) is 3.48. The van der Waals surface area contributed by atoms with Gasteiger partial charge in [0.05, 0.1) is 0 Å². The second-order valence-corrected chi connectivity index (χ2v) is 6.03. The van der Waals surface area contributed by atoms with Crippen LogP contribution in [-0.4, -0.2) is 17.8 Å². The maximum atomic E-state index is 12.3. The van der Waals surface area contributed by atoms with E-state index in [1.54, 1.807) is 30.3 Å². The van der Waals surface area contributed by atoms with Crippen molar-refractivity contribution in [1.29, 1.82) is 0 Å². The topological polar surface area (TPSA) is 65.0 Å². The third-order valence-electron chi connectivity index (χ3n) is 4.06. The molecule has 27 heavy (non-hydrogen) atoms. The number of aliphatic imine (C=N–C) groups is 1. The molecule has 1 heterocycles. The van der Waals surface area contributed by atoms with E-state index in [0.717, 1.165) is 16.3 Å². The first kappa shape index (κ1) is 16.7. The summed E-state index contributed by atoms with van der Waals surface area (Å²) in [5.41, 5.74) is 1.64. The van der Waals surface area contributed by atoms with Gasteiger partial charge in [0, 0.05) is 12.5 Å². The fourth-order valence-corrected chi connectivity index (χ4v) is 2.93. The van der Waals surface area contributed by atoms with Gasteiger partial charge in [-0.3, -0.25) is 4.79 Å². The van der Waals surface area contributed by atoms with Gasteiger partial charge in [0.1, 0.15) is 5.75 Å². The van der Waals surface area contributed by atoms with Gasteiger partial charge < -0.3 is 9.47 Å². The first-order chi connectivity index (χ1) is 13.1. The first-order valence-corrected chi connectivity index (χ1v) is 8.39. The Kier molecular flexibility index (Phi) is 4.26. The molecule has 1 aliphatic heterocycles. The summed E-state index contributed by atoms with van der Waals surface area (Å²) in [6.07, 6.45) is 1.60. The zero-order valence-electron chi connectivity index (χ0n) is 14.5. The Labute approximate surface area is 155 Å². The third-order valence-corrected chi connectivity index (χ3v) is 4.06. The van der Waals surface area contributed by atoms with Crippen molar-refractivity contribution in [3.63, 3.8) is 0 Å². The number of esters is 2. The van der Waals surface area contributed by atoms with Gasteiger partial charge in [-0.05, 0) is 40.6 Å². The van der Waals surface area contributed by atoms with Crippen molar-refractivity contribution in [2.45, 2.75) is 6.92 Å². The van der Waals surface area contributed by atoms with E-state index in [0.29, 0.717) is 11.3 Å². The van der Waals surface area contributed by atoms with Crippen molar-refractivity contribution in [2.24, 2.45) is 4.99 Å². The Morgan fingerprint density at radius 1 is 1.04 bits per heavy atom. The van der Waals surface area contributed by atoms with Crippen LogP contribution in [-0.2, 0) is 14.3 Å². The van der Waals surface area contributed by atoms with Gasteiger partial charge in [0.2, 0.25) is 5.90 Å². The van der Waals surface area contributed by atoms with E-state index in [4.69, 9.17) is 9.47 Å². The quantitative estimate of drug-likeness (QED) is 0.402. The molecule has 0 saturated heterocycles. The molecular formula is C22H15NO4. The predicted molar refractivity (Wildman–Crippen MR) is 102 cm³/mol. The molecule has 0 saturated carbocycles. The monoisotopic (exact) mass is 357 g/mol. The maximum absolute atomic E-state index is 12.3. The molecule has 0 atom stereocenters. The molecular weight excluding hydrogens is 342 g/mol. The average Bonchev–Trinajstić information content (AvgIpc) is 3.01. The van der Waals surface area contributed by atoms with Crippen molar-refractivity contribution < 1.29 is 19.1 Å². The Morgan fingerprint density at radius 2 is 1.81 bits per heavy atom. The second-order valence-electron chi connectivity index (χ2n) is 6.03. The van der Waals surface area contributed by atoms with Crippen LogP contribution in [0.5, 0.6) is 5.75 Å². The number of ether oxygens (including phenoxy) is 2. The summed E-state index contributed by atoms with van der Waals surface area (Å²) >= 11 is 0. The molecule has 132 valence electrons. The number of carbonyl (C=O) groups excluding carboxylic acids is 2. The molecule has 1 aliphatic rings. The molecule has 0 bridgehead atoms. The highest BCUT2D eigenvalue weighted by Gasteiger charge is 2.25. The lowest BCUT2D eigenvalue weighted by Gasteiger charge is -2.04. The van der Waals surface area contributed by atoms with E-state index in [9.17, 15) is 9.59 Å². The fraction of sp³-hybridized carbons (Fsp3) is 0.0455. The first-order valence-electron chi connectivity index (χ1n) is 8.39. The van der Waals surface area contributed by atoms with Crippen LogP contribution in [0.4, 0.5) is 0 Å². The summed E-state index contributed by atoms with van der Waals surface area (Å²) in [5, 5.41) is 2.00. The molecule has 0 amide bonds. The largest absolute Gasteiger partial charge is 0.427 e. The standard InChI is InChI=1S/C22H15NO4/c1-14(24)26-17-9-4-6-15(12-17)13-20-22(25)27-21(23-20)19-11-5-8-16-7-2-3-10-18(16)19/h2-13H,1H3. The Balaban J connectivity index is 1.71. The van der Waals surface area contributed by atoms with Crippen molar-refractivity contribution in [1.82, 2.24) is 0 Å². The molecule has 5 heteroatoms. The van der Waals surface area contributed by atoms with Gasteiger partial charge in [-0.1, -0.05) is 48.5 Å². The lowest BCUT2D eigenvalue weighted by molar-refractivity contribution is -0.132. The summed E-state index contributed by atoms with van der Waals surface area (Å²) in [5.74, 6) is -0.243. The molecule has 0 spiro atoms. The smallest absolute Gasteiger partial charge is 0.363 e. The van der Waals surface area contributed by atoms with Crippen LogP contribution in [0.2, 0.25) is 0 Å². The van der Waals surface area contributed by atoms with Crippen LogP contribution >= 0.6 is 0 Å². The van der Waals surface area contributed by atoms with Crippen LogP contribution in [0.1, 0.15) is 18.1 Å². The Hall–Kier alpha value is -3.73. The highest BCUT2D eigenvalue weighted by atomic mass is 16.6. The second kappa shape index (κ2) is 6.88. The van der Waals surface area contributed by atoms with Crippen molar-refractivity contribution in [3.8, 4) is 5.75 Å². The minimum Gasteiger partial charge on any atom is -0.427 e. The predicted octanol–water partition coefficient (Wildman–Crippen LogP) is 4.11. The lowest BCUT2D eigenvalue weighted by atomic mass is 10.0. The number of fused-ring (bicyclic) bond motifs is 1. The molecule has 3 aromatic carbocycles. The van der Waals surface area contributed by atoms with E-state index in [1.165, 1.54) is 6.92 Å². The minimum absolute atomic E-state index is 0.193. The summed E-state index contributed by atoms with van der Waals surface area (Å²) in [6.45, 7) is 1.33. The molecule has 0 aliphatic carbocycles. The SMILES string of the molecule is CC(=O)Oc1cccc(C=C2N=C(c3cccc4ccccc34)OC2=O)c1. The number of hydrogen-bond acceptors (Lipinski definition) is 5. The van der Waals surface area contributed by atoms with Crippen LogP contribution < -0.4 is 4.74 Å². The molecule has 0 unspecified atom stereocenters. The zero-order valence-corrected chi connectivity index (χ0v) is 14.5. The van der Waals surface area contributed by atoms with Crippen molar-refractivity contribution in [2.75, 3.05) is 0 Å². The number of benzene rings is 3. The molecule has 0 N–H and O–H groups in total. The molecule has 0 aromatic heterocycles. The number of cyclic esters (lactones) is 1. The highest BCUT2D eigenvalue weighted by molar-refractivity contribution is 6.17. The molecule has 0 fully saturated rings. The van der Waals surface area contributed by atoms with Gasteiger partial charge in [-0.25, -0.2) is 9.79 Å². The number of nitrogens with zero attached hydrogens (tertiary/aromatic N) is 1. The van der Waals surface area contributed by atoms with Gasteiger partial charge in [0.25, 0.3) is 0 Å². The number of hydrogen-bond donors (Lipinski definition) is 0. The van der Waals surface area contributed by atoms with E-state index in [-0.39, 0.29) is 11.6 Å². The molecule has 5 nitrogen and oxygen atoms in total. The number of rotatable bonds is 3. The summed E-state index contributed by atoms with van der Waals surface area (Å²) in [4.78, 5) is 27.7. The summed E-state index contributed by atoms with van der Waals surface area (Å²) < 4.78 is 10.5. The van der Waals surface area contributed by atoms with E-state index < -0.39 is 11.9 Å². The van der Waals surface area contributed by atoms with Crippen molar-refractivity contribution >= 4 is 34.7 Å². The van der Waals surface area contributed by atoms with Crippen LogP contribution in [0.3, 0.4) is 0 Å². The van der Waals surface area contributed by atoms with Crippen molar-refractivity contribution in [3.05, 3.63) is 83.6 Å². The van der Waals surface area contributed by atoms with Crippen LogP contribution in [0.25, 0.3) is 16.8 Å². The Bertz CT molecular complexity index is 1120. The van der Waals surface area contributed by atoms with Crippen LogP contribution in [0, 0.1) is 0 Å². The highest BCUT2D eigenvalue weighted by Crippen LogP contribution is 2.25. The fourth-order valence-electron chi connectivity index (χ4n) is 2.93. The zero-order chi connectivity index (χ0) is 18.8. The molecule has 4 rings (SSSR count). The molecule has 0 radical (unpaired) electrons. The molecule has 3 aromatic rings. The lowest BCUT2D eigenvalue weighted by Crippen LogP contribution is -2.05. The van der Waals surface area contributed by atoms with E-state index >= 15 is 0 Å². The van der Waals surface area contributed by atoms with E-state index in [2.05, 4.69) is 4.99 Å². The summed E-state index contributed by atoms with van der Waals surface area (Å²) in [6, 6.07) is 20.5. The summed E-state index contributed by atoms with van der Waals surface area (Å²) in [7, 11) is 0. The van der Waals surface area contributed by atoms with Gasteiger partial charge in [-0.2, -0.15) is 0 Å². The maximum Gasteiger partial charge on any atom is 0.363 e. The average molecular weight is 357 g/mol. The van der Waals surface area contributed by atoms with Gasteiger partial charge in [0.15, 0.2) is 5.70 Å². The van der Waals surface area contributed by atoms with Gasteiger partial charge in [-0.15, -0.1) is 0 Å². The van der Waals surface area contributed by atoms with Gasteiger partial charge >= 0.3 is 11.9 Å². The normalized spacial score (nSPS) is 14.9. The number of carbonyl (C=O) groups is 2. The minimum atomic E-state index is -0.518. The van der Waals surface area contributed by atoms with Crippen LogP contribution in [0.15, 0.2) is 77.4 Å².